The molecule has 1 aromatic rings. The summed E-state index contributed by atoms with van der Waals surface area (Å²) in [5.74, 6) is 0.584. The second kappa shape index (κ2) is 5.96. The Kier molecular flexibility index (Phi) is 4.56. The molecule has 0 radical (unpaired) electrons. The van der Waals surface area contributed by atoms with Crippen LogP contribution in [-0.4, -0.2) is 35.5 Å². The van der Waals surface area contributed by atoms with E-state index in [2.05, 4.69) is 39.4 Å². The van der Waals surface area contributed by atoms with Gasteiger partial charge >= 0.3 is 0 Å². The summed E-state index contributed by atoms with van der Waals surface area (Å²) in [5.41, 5.74) is 1.36. The first kappa shape index (κ1) is 13.0. The molecule has 1 fully saturated rings. The number of aliphatic hydroxyl groups excluding tert-OH is 2. The molecule has 17 heavy (non-hydrogen) atoms. The SMILES string of the molecule is OCC(CO)NC1CC(c2ccccc2Br)C1. The topological polar surface area (TPSA) is 52.5 Å². The van der Waals surface area contributed by atoms with E-state index >= 15 is 0 Å². The minimum absolute atomic E-state index is 0.00724. The second-order valence-corrected chi connectivity index (χ2v) is 5.47. The predicted molar refractivity (Wildman–Crippen MR) is 71.0 cm³/mol. The maximum atomic E-state index is 8.99. The van der Waals surface area contributed by atoms with Crippen molar-refractivity contribution < 1.29 is 10.2 Å². The Hall–Kier alpha value is -0.420. The Morgan fingerprint density at radius 1 is 1.24 bits per heavy atom. The Balaban J connectivity index is 1.85. The highest BCUT2D eigenvalue weighted by molar-refractivity contribution is 9.10. The first-order valence-corrected chi connectivity index (χ1v) is 6.76. The van der Waals surface area contributed by atoms with E-state index in [0.717, 1.165) is 12.8 Å². The third-order valence-electron chi connectivity index (χ3n) is 3.40. The highest BCUT2D eigenvalue weighted by Crippen LogP contribution is 2.40. The molecule has 0 heterocycles. The van der Waals surface area contributed by atoms with Gasteiger partial charge in [-0.05, 0) is 30.4 Å². The molecule has 0 aliphatic heterocycles. The number of benzene rings is 1. The van der Waals surface area contributed by atoms with Gasteiger partial charge < -0.3 is 15.5 Å². The number of hydrogen-bond acceptors (Lipinski definition) is 3. The van der Waals surface area contributed by atoms with Gasteiger partial charge in [-0.25, -0.2) is 0 Å². The first-order chi connectivity index (χ1) is 8.24. The van der Waals surface area contributed by atoms with E-state index in [9.17, 15) is 0 Å². The lowest BCUT2D eigenvalue weighted by atomic mass is 9.75. The van der Waals surface area contributed by atoms with Crippen LogP contribution in [0.5, 0.6) is 0 Å². The zero-order chi connectivity index (χ0) is 12.3. The van der Waals surface area contributed by atoms with E-state index < -0.39 is 0 Å². The zero-order valence-electron chi connectivity index (χ0n) is 9.64. The minimum atomic E-state index is -0.180. The van der Waals surface area contributed by atoms with Gasteiger partial charge in [-0.3, -0.25) is 0 Å². The first-order valence-electron chi connectivity index (χ1n) is 5.96. The molecule has 1 aliphatic carbocycles. The van der Waals surface area contributed by atoms with Crippen molar-refractivity contribution in [1.82, 2.24) is 5.32 Å². The van der Waals surface area contributed by atoms with Gasteiger partial charge in [-0.15, -0.1) is 0 Å². The Bertz CT molecular complexity index is 362. The van der Waals surface area contributed by atoms with E-state index in [0.29, 0.717) is 12.0 Å². The van der Waals surface area contributed by atoms with Gasteiger partial charge in [0.25, 0.3) is 0 Å². The van der Waals surface area contributed by atoms with Crippen LogP contribution in [0.3, 0.4) is 0 Å². The molecular weight excluding hydrogens is 282 g/mol. The van der Waals surface area contributed by atoms with Gasteiger partial charge in [0.1, 0.15) is 0 Å². The minimum Gasteiger partial charge on any atom is -0.395 e. The number of nitrogens with one attached hydrogen (secondary N) is 1. The van der Waals surface area contributed by atoms with Gasteiger partial charge in [-0.2, -0.15) is 0 Å². The maximum absolute atomic E-state index is 8.99. The molecular formula is C13H18BrNO2. The van der Waals surface area contributed by atoms with E-state index in [4.69, 9.17) is 10.2 Å². The molecule has 1 saturated carbocycles. The van der Waals surface area contributed by atoms with Crippen LogP contribution < -0.4 is 5.32 Å². The fraction of sp³-hybridized carbons (Fsp3) is 0.538. The largest absolute Gasteiger partial charge is 0.395 e. The van der Waals surface area contributed by atoms with E-state index in [1.165, 1.54) is 10.0 Å². The Morgan fingerprint density at radius 2 is 1.88 bits per heavy atom. The van der Waals surface area contributed by atoms with Gasteiger partial charge in [0, 0.05) is 10.5 Å². The van der Waals surface area contributed by atoms with Crippen LogP contribution >= 0.6 is 15.9 Å². The third kappa shape index (κ3) is 3.07. The molecule has 0 unspecified atom stereocenters. The summed E-state index contributed by atoms with van der Waals surface area (Å²) in [7, 11) is 0. The normalized spacial score (nSPS) is 23.8. The monoisotopic (exact) mass is 299 g/mol. The fourth-order valence-corrected chi connectivity index (χ4v) is 2.92. The molecule has 0 spiro atoms. The molecule has 1 aliphatic rings. The molecule has 0 saturated heterocycles. The Morgan fingerprint density at radius 3 is 2.47 bits per heavy atom. The molecule has 0 bridgehead atoms. The average Bonchev–Trinajstić information content (AvgIpc) is 2.30. The van der Waals surface area contributed by atoms with Crippen molar-refractivity contribution in [2.24, 2.45) is 0 Å². The quantitative estimate of drug-likeness (QED) is 0.775. The number of rotatable bonds is 5. The second-order valence-electron chi connectivity index (χ2n) is 4.62. The van der Waals surface area contributed by atoms with Gasteiger partial charge in [-0.1, -0.05) is 34.1 Å². The Labute approximate surface area is 110 Å². The van der Waals surface area contributed by atoms with Crippen molar-refractivity contribution >= 4 is 15.9 Å². The molecule has 94 valence electrons. The average molecular weight is 300 g/mol. The van der Waals surface area contributed by atoms with Crippen LogP contribution in [0.2, 0.25) is 0 Å². The summed E-state index contributed by atoms with van der Waals surface area (Å²) in [6.45, 7) is -0.0145. The fourth-order valence-electron chi connectivity index (χ4n) is 2.31. The van der Waals surface area contributed by atoms with Crippen molar-refractivity contribution in [3.63, 3.8) is 0 Å². The molecule has 3 nitrogen and oxygen atoms in total. The van der Waals surface area contributed by atoms with Gasteiger partial charge in [0.05, 0.1) is 19.3 Å². The van der Waals surface area contributed by atoms with Crippen molar-refractivity contribution in [2.75, 3.05) is 13.2 Å². The summed E-state index contributed by atoms with van der Waals surface area (Å²) in [6.07, 6.45) is 2.14. The summed E-state index contributed by atoms with van der Waals surface area (Å²) >= 11 is 3.57. The highest BCUT2D eigenvalue weighted by atomic mass is 79.9. The van der Waals surface area contributed by atoms with Crippen molar-refractivity contribution in [3.05, 3.63) is 34.3 Å². The summed E-state index contributed by atoms with van der Waals surface area (Å²) in [5, 5.41) is 21.2. The molecule has 0 atom stereocenters. The van der Waals surface area contributed by atoms with Crippen molar-refractivity contribution in [2.45, 2.75) is 30.8 Å². The van der Waals surface area contributed by atoms with Gasteiger partial charge in [0.15, 0.2) is 0 Å². The standard InChI is InChI=1S/C13H18BrNO2/c14-13-4-2-1-3-12(13)9-5-10(6-9)15-11(7-16)8-17/h1-4,9-11,15-17H,5-8H2. The number of hydrogen-bond donors (Lipinski definition) is 3. The van der Waals surface area contributed by atoms with Crippen LogP contribution in [0.15, 0.2) is 28.7 Å². The summed E-state index contributed by atoms with van der Waals surface area (Å²) in [6, 6.07) is 8.54. The predicted octanol–water partition coefficient (Wildman–Crippen LogP) is 1.64. The molecule has 0 aromatic heterocycles. The van der Waals surface area contributed by atoms with E-state index in [1.54, 1.807) is 0 Å². The zero-order valence-corrected chi connectivity index (χ0v) is 11.2. The van der Waals surface area contributed by atoms with Crippen LogP contribution in [-0.2, 0) is 0 Å². The summed E-state index contributed by atoms with van der Waals surface area (Å²) in [4.78, 5) is 0. The third-order valence-corrected chi connectivity index (χ3v) is 4.12. The lowest BCUT2D eigenvalue weighted by Crippen LogP contribution is -2.48. The number of aliphatic hydroxyl groups is 2. The van der Waals surface area contributed by atoms with Gasteiger partial charge in [0.2, 0.25) is 0 Å². The number of halogens is 1. The van der Waals surface area contributed by atoms with Crippen LogP contribution in [0, 0.1) is 0 Å². The molecule has 4 heteroatoms. The van der Waals surface area contributed by atoms with E-state index in [1.807, 2.05) is 6.07 Å². The van der Waals surface area contributed by atoms with Crippen LogP contribution in [0.25, 0.3) is 0 Å². The van der Waals surface area contributed by atoms with E-state index in [-0.39, 0.29) is 19.3 Å². The molecule has 2 rings (SSSR count). The molecule has 1 aromatic carbocycles. The smallest absolute Gasteiger partial charge is 0.0607 e. The van der Waals surface area contributed by atoms with Crippen LogP contribution in [0.1, 0.15) is 24.3 Å². The summed E-state index contributed by atoms with van der Waals surface area (Å²) < 4.78 is 1.17. The maximum Gasteiger partial charge on any atom is 0.0607 e. The van der Waals surface area contributed by atoms with Crippen molar-refractivity contribution in [3.8, 4) is 0 Å². The highest BCUT2D eigenvalue weighted by Gasteiger charge is 2.32. The molecule has 0 amide bonds. The lowest BCUT2D eigenvalue weighted by molar-refractivity contribution is 0.142. The molecule has 3 N–H and O–H groups in total. The lowest BCUT2D eigenvalue weighted by Gasteiger charge is -2.38. The van der Waals surface area contributed by atoms with Crippen molar-refractivity contribution in [1.29, 1.82) is 0 Å². The van der Waals surface area contributed by atoms with Crippen LogP contribution in [0.4, 0.5) is 0 Å².